The van der Waals surface area contributed by atoms with Crippen molar-refractivity contribution in [3.05, 3.63) is 48.0 Å². The van der Waals surface area contributed by atoms with Gasteiger partial charge >= 0.3 is 0 Å². The van der Waals surface area contributed by atoms with E-state index in [1.807, 2.05) is 11.0 Å². The molecule has 2 aliphatic heterocycles. The zero-order valence-electron chi connectivity index (χ0n) is 14.2. The Kier molecular flexibility index (Phi) is 4.76. The number of H-pyrrole nitrogens is 1. The summed E-state index contributed by atoms with van der Waals surface area (Å²) in [6.45, 7) is 3.80. The van der Waals surface area contributed by atoms with E-state index in [1.165, 1.54) is 11.9 Å². The molecule has 1 amide bonds. The lowest BCUT2D eigenvalue weighted by molar-refractivity contribution is -0.131. The molecule has 0 aliphatic carbocycles. The molecule has 4 rings (SSSR count). The van der Waals surface area contributed by atoms with E-state index in [-0.39, 0.29) is 18.4 Å². The molecule has 2 atom stereocenters. The van der Waals surface area contributed by atoms with Gasteiger partial charge in [-0.2, -0.15) is 5.10 Å². The average molecular weight is 341 g/mol. The Morgan fingerprint density at radius 3 is 2.88 bits per heavy atom. The van der Waals surface area contributed by atoms with Crippen molar-refractivity contribution in [3.63, 3.8) is 0 Å². The zero-order valence-corrected chi connectivity index (χ0v) is 14.2. The molecule has 2 unspecified atom stereocenters. The Labute approximate surface area is 147 Å². The normalized spacial score (nSPS) is 24.1. The van der Waals surface area contributed by atoms with Gasteiger partial charge in [-0.25, -0.2) is 4.98 Å². The zero-order chi connectivity index (χ0) is 17.1. The molecule has 25 heavy (non-hydrogen) atoms. The van der Waals surface area contributed by atoms with Crippen LogP contribution < -0.4 is 0 Å². The third-order valence-corrected chi connectivity index (χ3v) is 5.07. The maximum atomic E-state index is 12.7. The number of rotatable bonds is 4. The molecular formula is C18H23N5O2. The Balaban J connectivity index is 1.46. The van der Waals surface area contributed by atoms with Gasteiger partial charge in [0, 0.05) is 25.7 Å². The molecule has 2 fully saturated rings. The van der Waals surface area contributed by atoms with Gasteiger partial charge in [0.2, 0.25) is 5.91 Å². The van der Waals surface area contributed by atoms with Crippen molar-refractivity contribution in [2.45, 2.75) is 31.5 Å². The minimum absolute atomic E-state index is 0.101. The molecule has 7 nitrogen and oxygen atoms in total. The molecule has 2 aromatic rings. The fourth-order valence-corrected chi connectivity index (χ4v) is 3.74. The molecule has 2 aliphatic rings. The van der Waals surface area contributed by atoms with E-state index in [1.54, 1.807) is 0 Å². The Hall–Kier alpha value is -2.25. The molecule has 0 radical (unpaired) electrons. The molecule has 2 saturated heterocycles. The molecule has 1 aromatic heterocycles. The van der Waals surface area contributed by atoms with E-state index < -0.39 is 0 Å². The fourth-order valence-electron chi connectivity index (χ4n) is 3.74. The van der Waals surface area contributed by atoms with Crippen LogP contribution in [0.3, 0.4) is 0 Å². The van der Waals surface area contributed by atoms with Gasteiger partial charge in [0.15, 0.2) is 0 Å². The van der Waals surface area contributed by atoms with Crippen LogP contribution >= 0.6 is 0 Å². The summed E-state index contributed by atoms with van der Waals surface area (Å²) in [5, 5.41) is 6.58. The van der Waals surface area contributed by atoms with Crippen molar-refractivity contribution in [1.82, 2.24) is 25.0 Å². The van der Waals surface area contributed by atoms with Crippen LogP contribution in [0, 0.1) is 0 Å². The number of aromatic amines is 1. The number of carbonyl (C=O) groups is 1. The summed E-state index contributed by atoms with van der Waals surface area (Å²) >= 11 is 0. The monoisotopic (exact) mass is 341 g/mol. The van der Waals surface area contributed by atoms with Crippen LogP contribution in [-0.2, 0) is 22.5 Å². The van der Waals surface area contributed by atoms with Crippen LogP contribution in [0.4, 0.5) is 0 Å². The maximum absolute atomic E-state index is 12.7. The second kappa shape index (κ2) is 7.33. The van der Waals surface area contributed by atoms with Gasteiger partial charge in [-0.3, -0.25) is 14.8 Å². The quantitative estimate of drug-likeness (QED) is 0.892. The van der Waals surface area contributed by atoms with E-state index >= 15 is 0 Å². The summed E-state index contributed by atoms with van der Waals surface area (Å²) in [6.07, 6.45) is 2.65. The first-order valence-corrected chi connectivity index (χ1v) is 8.79. The third-order valence-electron chi connectivity index (χ3n) is 5.07. The molecule has 1 aromatic carbocycles. The molecule has 3 heterocycles. The lowest BCUT2D eigenvalue weighted by atomic mass is 10.1. The second-order valence-corrected chi connectivity index (χ2v) is 6.74. The minimum Gasteiger partial charge on any atom is -0.378 e. The molecule has 0 saturated carbocycles. The molecule has 132 valence electrons. The highest BCUT2D eigenvalue weighted by atomic mass is 16.5. The standard InChI is InChI=1S/C18H23N5O2/c24-18(8-17-19-13-20-21-17)22-7-6-15-11-25-12-16(10-22)23(15)9-14-4-2-1-3-5-14/h1-5,13,15-16H,6-12H2,(H,19,20,21). The fraction of sp³-hybridized carbons (Fsp3) is 0.500. The highest BCUT2D eigenvalue weighted by Crippen LogP contribution is 2.24. The molecule has 7 heteroatoms. The second-order valence-electron chi connectivity index (χ2n) is 6.74. The van der Waals surface area contributed by atoms with Crippen LogP contribution in [0.5, 0.6) is 0 Å². The lowest BCUT2D eigenvalue weighted by Crippen LogP contribution is -2.53. The number of nitrogens with zero attached hydrogens (tertiary/aromatic N) is 4. The Bertz CT molecular complexity index is 691. The summed E-state index contributed by atoms with van der Waals surface area (Å²) in [6, 6.07) is 11.1. The highest BCUT2D eigenvalue weighted by molar-refractivity contribution is 5.78. The van der Waals surface area contributed by atoms with E-state index in [4.69, 9.17) is 4.74 Å². The van der Waals surface area contributed by atoms with Crippen molar-refractivity contribution < 1.29 is 9.53 Å². The van der Waals surface area contributed by atoms with Crippen molar-refractivity contribution >= 4 is 5.91 Å². The van der Waals surface area contributed by atoms with Crippen LogP contribution in [0.15, 0.2) is 36.7 Å². The number of fused-ring (bicyclic) bond motifs is 2. The van der Waals surface area contributed by atoms with Crippen molar-refractivity contribution in [2.24, 2.45) is 0 Å². The first kappa shape index (κ1) is 16.2. The summed E-state index contributed by atoms with van der Waals surface area (Å²) in [4.78, 5) is 21.2. The SMILES string of the molecule is O=C(Cc1ncn[nH]1)N1CCC2COCC(C1)N2Cc1ccccc1. The minimum atomic E-state index is 0.101. The highest BCUT2D eigenvalue weighted by Gasteiger charge is 2.36. The first-order chi connectivity index (χ1) is 12.3. The van der Waals surface area contributed by atoms with Crippen LogP contribution in [0.25, 0.3) is 0 Å². The van der Waals surface area contributed by atoms with Gasteiger partial charge < -0.3 is 9.64 Å². The summed E-state index contributed by atoms with van der Waals surface area (Å²) < 4.78 is 5.81. The summed E-state index contributed by atoms with van der Waals surface area (Å²) in [5.74, 6) is 0.721. The van der Waals surface area contributed by atoms with E-state index in [0.29, 0.717) is 25.0 Å². The van der Waals surface area contributed by atoms with Gasteiger partial charge in [0.25, 0.3) is 0 Å². The largest absolute Gasteiger partial charge is 0.378 e. The number of carbonyl (C=O) groups excluding carboxylic acids is 1. The number of hydrogen-bond acceptors (Lipinski definition) is 5. The molecule has 1 N–H and O–H groups in total. The van der Waals surface area contributed by atoms with Gasteiger partial charge in [-0.1, -0.05) is 30.3 Å². The smallest absolute Gasteiger partial charge is 0.230 e. The molecule has 0 spiro atoms. The molecular weight excluding hydrogens is 318 g/mol. The van der Waals surface area contributed by atoms with Gasteiger partial charge in [-0.15, -0.1) is 0 Å². The van der Waals surface area contributed by atoms with Gasteiger partial charge in [0.05, 0.1) is 25.7 Å². The van der Waals surface area contributed by atoms with E-state index in [2.05, 4.69) is 44.3 Å². The van der Waals surface area contributed by atoms with E-state index in [0.717, 1.165) is 26.1 Å². The topological polar surface area (TPSA) is 74.3 Å². The predicted molar refractivity (Wildman–Crippen MR) is 91.7 cm³/mol. The lowest BCUT2D eigenvalue weighted by Gasteiger charge is -2.40. The average Bonchev–Trinajstić information content (AvgIpc) is 3.11. The van der Waals surface area contributed by atoms with Crippen LogP contribution in [0.1, 0.15) is 17.8 Å². The number of hydrogen-bond donors (Lipinski definition) is 1. The number of benzene rings is 1. The number of amides is 1. The Morgan fingerprint density at radius 2 is 2.08 bits per heavy atom. The maximum Gasteiger partial charge on any atom is 0.230 e. The number of morpholine rings is 1. The van der Waals surface area contributed by atoms with Gasteiger partial charge in [0.1, 0.15) is 12.2 Å². The number of nitrogens with one attached hydrogen (secondary N) is 1. The summed E-state index contributed by atoms with van der Waals surface area (Å²) in [7, 11) is 0. The first-order valence-electron chi connectivity index (χ1n) is 8.79. The number of ether oxygens (including phenoxy) is 1. The van der Waals surface area contributed by atoms with Gasteiger partial charge in [-0.05, 0) is 12.0 Å². The van der Waals surface area contributed by atoms with Crippen molar-refractivity contribution in [2.75, 3.05) is 26.3 Å². The predicted octanol–water partition coefficient (Wildman–Crippen LogP) is 0.849. The van der Waals surface area contributed by atoms with E-state index in [9.17, 15) is 4.79 Å². The van der Waals surface area contributed by atoms with Crippen molar-refractivity contribution in [3.8, 4) is 0 Å². The van der Waals surface area contributed by atoms with Crippen LogP contribution in [0.2, 0.25) is 0 Å². The van der Waals surface area contributed by atoms with Crippen LogP contribution in [-0.4, -0.2) is 69.3 Å². The Morgan fingerprint density at radius 1 is 1.24 bits per heavy atom. The third kappa shape index (κ3) is 3.72. The molecule has 2 bridgehead atoms. The number of aromatic nitrogens is 3. The van der Waals surface area contributed by atoms with Crippen molar-refractivity contribution in [1.29, 1.82) is 0 Å². The summed E-state index contributed by atoms with van der Waals surface area (Å²) in [5.41, 5.74) is 1.31.